The second-order valence-corrected chi connectivity index (χ2v) is 6.58. The van der Waals surface area contributed by atoms with Gasteiger partial charge in [-0.2, -0.15) is 0 Å². The van der Waals surface area contributed by atoms with Crippen molar-refractivity contribution >= 4 is 17.1 Å². The highest BCUT2D eigenvalue weighted by atomic mass is 19.1. The molecule has 1 amide bonds. The molecule has 1 atom stereocenters. The third-order valence-corrected chi connectivity index (χ3v) is 4.92. The normalized spacial score (nSPS) is 17.4. The summed E-state index contributed by atoms with van der Waals surface area (Å²) in [7, 11) is 1.96. The highest BCUT2D eigenvalue weighted by Crippen LogP contribution is 2.29. The van der Waals surface area contributed by atoms with E-state index in [1.54, 1.807) is 30.2 Å². The number of rotatable bonds is 2. The second-order valence-electron chi connectivity index (χ2n) is 6.58. The van der Waals surface area contributed by atoms with Crippen LogP contribution in [-0.4, -0.2) is 38.4 Å². The van der Waals surface area contributed by atoms with Crippen molar-refractivity contribution in [2.45, 2.75) is 19.3 Å². The molecule has 5 nitrogen and oxygen atoms in total. The molecule has 6 heteroatoms. The van der Waals surface area contributed by atoms with Crippen molar-refractivity contribution in [2.24, 2.45) is 7.05 Å². The number of aryl methyl sites for hydroxylation is 2. The summed E-state index contributed by atoms with van der Waals surface area (Å²) in [6.45, 7) is 2.93. The molecule has 1 aliphatic rings. The Morgan fingerprint density at radius 1 is 1.32 bits per heavy atom. The number of aromatic nitrogens is 3. The van der Waals surface area contributed by atoms with Gasteiger partial charge in [-0.05, 0) is 43.2 Å². The van der Waals surface area contributed by atoms with Gasteiger partial charge in [0.1, 0.15) is 17.2 Å². The smallest absolute Gasteiger partial charge is 0.253 e. The van der Waals surface area contributed by atoms with E-state index in [4.69, 9.17) is 0 Å². The number of halogens is 1. The zero-order chi connectivity index (χ0) is 17.6. The van der Waals surface area contributed by atoms with E-state index in [0.717, 1.165) is 23.4 Å². The highest BCUT2D eigenvalue weighted by molar-refractivity contribution is 5.94. The molecule has 0 aliphatic carbocycles. The first-order valence-electron chi connectivity index (χ1n) is 8.37. The molecule has 1 saturated heterocycles. The number of amides is 1. The lowest BCUT2D eigenvalue weighted by molar-refractivity contribution is 0.0790. The van der Waals surface area contributed by atoms with Gasteiger partial charge in [-0.15, -0.1) is 0 Å². The van der Waals surface area contributed by atoms with E-state index >= 15 is 0 Å². The Morgan fingerprint density at radius 3 is 2.92 bits per heavy atom. The minimum absolute atomic E-state index is 0.127. The number of hydrogen-bond donors (Lipinski definition) is 0. The van der Waals surface area contributed by atoms with Crippen LogP contribution in [0.3, 0.4) is 0 Å². The van der Waals surface area contributed by atoms with E-state index in [9.17, 15) is 9.18 Å². The van der Waals surface area contributed by atoms with Crippen LogP contribution in [-0.2, 0) is 7.05 Å². The summed E-state index contributed by atoms with van der Waals surface area (Å²) in [6, 6.07) is 8.47. The highest BCUT2D eigenvalue weighted by Gasteiger charge is 2.31. The number of imidazole rings is 1. The van der Waals surface area contributed by atoms with Gasteiger partial charge in [0.15, 0.2) is 5.65 Å². The lowest BCUT2D eigenvalue weighted by atomic mass is 10.1. The summed E-state index contributed by atoms with van der Waals surface area (Å²) in [5.74, 6) is 0.638. The van der Waals surface area contributed by atoms with Crippen LogP contribution in [0, 0.1) is 12.7 Å². The van der Waals surface area contributed by atoms with Crippen molar-refractivity contribution in [3.63, 3.8) is 0 Å². The molecule has 0 spiro atoms. The van der Waals surface area contributed by atoms with Crippen LogP contribution >= 0.6 is 0 Å². The molecule has 0 N–H and O–H groups in total. The number of likely N-dealkylation sites (tertiary alicyclic amines) is 1. The molecular weight excluding hydrogens is 319 g/mol. The quantitative estimate of drug-likeness (QED) is 0.722. The van der Waals surface area contributed by atoms with E-state index in [1.807, 2.05) is 23.7 Å². The van der Waals surface area contributed by atoms with Gasteiger partial charge >= 0.3 is 0 Å². The Balaban J connectivity index is 1.57. The molecule has 0 radical (unpaired) electrons. The first kappa shape index (κ1) is 15.7. The van der Waals surface area contributed by atoms with Crippen molar-refractivity contribution in [3.05, 3.63) is 59.3 Å². The molecule has 1 aromatic carbocycles. The topological polar surface area (TPSA) is 51.0 Å². The maximum absolute atomic E-state index is 13.7. The van der Waals surface area contributed by atoms with Gasteiger partial charge in [0.05, 0.1) is 0 Å². The van der Waals surface area contributed by atoms with Crippen molar-refractivity contribution in [1.82, 2.24) is 19.4 Å². The Labute approximate surface area is 145 Å². The summed E-state index contributed by atoms with van der Waals surface area (Å²) in [5, 5.41) is 0. The average Bonchev–Trinajstić information content (AvgIpc) is 3.22. The SMILES string of the molecule is Cc1ccc(C(=O)N2CCC(c3nc4cccnc4n3C)C2)cc1F. The van der Waals surface area contributed by atoms with Crippen molar-refractivity contribution in [1.29, 1.82) is 0 Å². The Kier molecular flexibility index (Phi) is 3.75. The molecule has 0 bridgehead atoms. The maximum Gasteiger partial charge on any atom is 0.253 e. The Bertz CT molecular complexity index is 965. The molecule has 1 unspecified atom stereocenters. The Morgan fingerprint density at radius 2 is 2.16 bits per heavy atom. The number of carbonyl (C=O) groups is 1. The van der Waals surface area contributed by atoms with Gasteiger partial charge in [-0.1, -0.05) is 6.07 Å². The van der Waals surface area contributed by atoms with Crippen molar-refractivity contribution in [3.8, 4) is 0 Å². The first-order valence-corrected chi connectivity index (χ1v) is 8.37. The summed E-state index contributed by atoms with van der Waals surface area (Å²) in [6.07, 6.45) is 2.60. The van der Waals surface area contributed by atoms with Crippen LogP contribution in [0.25, 0.3) is 11.2 Å². The predicted octanol–water partition coefficient (Wildman–Crippen LogP) is 3.05. The van der Waals surface area contributed by atoms with Gasteiger partial charge in [-0.25, -0.2) is 14.4 Å². The van der Waals surface area contributed by atoms with Crippen LogP contribution in [0.4, 0.5) is 4.39 Å². The van der Waals surface area contributed by atoms with Crippen LogP contribution < -0.4 is 0 Å². The fraction of sp³-hybridized carbons (Fsp3) is 0.316. The number of pyridine rings is 1. The van der Waals surface area contributed by atoms with Gasteiger partial charge in [-0.3, -0.25) is 4.79 Å². The molecule has 1 fully saturated rings. The minimum Gasteiger partial charge on any atom is -0.338 e. The summed E-state index contributed by atoms with van der Waals surface area (Å²) >= 11 is 0. The summed E-state index contributed by atoms with van der Waals surface area (Å²) < 4.78 is 15.7. The number of carbonyl (C=O) groups excluding carboxylic acids is 1. The van der Waals surface area contributed by atoms with E-state index in [-0.39, 0.29) is 17.6 Å². The number of fused-ring (bicyclic) bond motifs is 1. The molecule has 0 saturated carbocycles. The maximum atomic E-state index is 13.7. The van der Waals surface area contributed by atoms with Crippen molar-refractivity contribution in [2.75, 3.05) is 13.1 Å². The van der Waals surface area contributed by atoms with Crippen LogP contribution in [0.2, 0.25) is 0 Å². The fourth-order valence-corrected chi connectivity index (χ4v) is 3.47. The van der Waals surface area contributed by atoms with Crippen LogP contribution in [0.1, 0.15) is 34.1 Å². The van der Waals surface area contributed by atoms with Gasteiger partial charge in [0, 0.05) is 37.8 Å². The lowest BCUT2D eigenvalue weighted by Crippen LogP contribution is -2.28. The van der Waals surface area contributed by atoms with E-state index in [0.29, 0.717) is 24.2 Å². The number of hydrogen-bond acceptors (Lipinski definition) is 3. The Hall–Kier alpha value is -2.76. The molecule has 3 heterocycles. The third-order valence-electron chi connectivity index (χ3n) is 4.92. The van der Waals surface area contributed by atoms with E-state index in [2.05, 4.69) is 9.97 Å². The van der Waals surface area contributed by atoms with Crippen LogP contribution in [0.5, 0.6) is 0 Å². The molecule has 3 aromatic rings. The minimum atomic E-state index is -0.344. The fourth-order valence-electron chi connectivity index (χ4n) is 3.47. The lowest BCUT2D eigenvalue weighted by Gasteiger charge is -2.17. The van der Waals surface area contributed by atoms with Gasteiger partial charge < -0.3 is 9.47 Å². The monoisotopic (exact) mass is 338 g/mol. The van der Waals surface area contributed by atoms with Gasteiger partial charge in [0.25, 0.3) is 5.91 Å². The predicted molar refractivity (Wildman–Crippen MR) is 92.9 cm³/mol. The standard InChI is InChI=1S/C19H19FN4O/c1-12-5-6-13(10-15(12)20)19(25)24-9-7-14(11-24)17-22-16-4-3-8-21-18(16)23(17)2/h3-6,8,10,14H,7,9,11H2,1-2H3. The first-order chi connectivity index (χ1) is 12.0. The molecule has 2 aromatic heterocycles. The number of benzene rings is 1. The van der Waals surface area contributed by atoms with Crippen molar-refractivity contribution < 1.29 is 9.18 Å². The zero-order valence-corrected chi connectivity index (χ0v) is 14.2. The molecular formula is C19H19FN4O. The molecule has 4 rings (SSSR count). The number of nitrogens with zero attached hydrogens (tertiary/aromatic N) is 4. The van der Waals surface area contributed by atoms with Gasteiger partial charge in [0.2, 0.25) is 0 Å². The largest absolute Gasteiger partial charge is 0.338 e. The zero-order valence-electron chi connectivity index (χ0n) is 14.2. The summed E-state index contributed by atoms with van der Waals surface area (Å²) in [4.78, 5) is 23.5. The van der Waals surface area contributed by atoms with Crippen LogP contribution in [0.15, 0.2) is 36.5 Å². The second kappa shape index (κ2) is 5.95. The molecule has 128 valence electrons. The molecule has 25 heavy (non-hydrogen) atoms. The average molecular weight is 338 g/mol. The summed E-state index contributed by atoms with van der Waals surface area (Å²) in [5.41, 5.74) is 2.66. The van der Waals surface area contributed by atoms with E-state index < -0.39 is 0 Å². The molecule has 1 aliphatic heterocycles. The third kappa shape index (κ3) is 2.67. The van der Waals surface area contributed by atoms with E-state index in [1.165, 1.54) is 6.07 Å².